The fraction of sp³-hybridized carbons (Fsp3) is 0.167. The number of benzene rings is 1. The smallest absolute Gasteiger partial charge is 0.258 e. The first-order valence-corrected chi connectivity index (χ1v) is 8.49. The van der Waals surface area contributed by atoms with E-state index in [4.69, 9.17) is 0 Å². The molecule has 0 aliphatic carbocycles. The lowest BCUT2D eigenvalue weighted by molar-refractivity contribution is -0.116. The van der Waals surface area contributed by atoms with E-state index in [9.17, 15) is 9.59 Å². The van der Waals surface area contributed by atoms with Gasteiger partial charge in [-0.1, -0.05) is 30.3 Å². The van der Waals surface area contributed by atoms with E-state index >= 15 is 0 Å². The van der Waals surface area contributed by atoms with Crippen LogP contribution in [-0.2, 0) is 11.2 Å². The molecule has 3 aromatic rings. The van der Waals surface area contributed by atoms with Gasteiger partial charge >= 0.3 is 0 Å². The normalized spacial score (nSPS) is 11.2. The van der Waals surface area contributed by atoms with Gasteiger partial charge in [-0.3, -0.25) is 14.0 Å². The lowest BCUT2D eigenvalue weighted by Crippen LogP contribution is -2.25. The molecule has 24 heavy (non-hydrogen) atoms. The van der Waals surface area contributed by atoms with Gasteiger partial charge in [-0.25, -0.2) is 4.98 Å². The van der Waals surface area contributed by atoms with Crippen molar-refractivity contribution in [2.45, 2.75) is 13.3 Å². The van der Waals surface area contributed by atoms with Crippen LogP contribution < -0.4 is 10.9 Å². The van der Waals surface area contributed by atoms with Crippen LogP contribution in [-0.4, -0.2) is 21.8 Å². The van der Waals surface area contributed by atoms with Crippen molar-refractivity contribution in [1.29, 1.82) is 0 Å². The molecule has 2 aromatic heterocycles. The number of hydrogen-bond acceptors (Lipinski definition) is 4. The van der Waals surface area contributed by atoms with Crippen molar-refractivity contribution in [3.8, 4) is 0 Å². The van der Waals surface area contributed by atoms with E-state index in [1.807, 2.05) is 35.7 Å². The fourth-order valence-electron chi connectivity index (χ4n) is 2.37. The average molecular weight is 339 g/mol. The van der Waals surface area contributed by atoms with Gasteiger partial charge in [0.15, 0.2) is 4.96 Å². The zero-order valence-corrected chi connectivity index (χ0v) is 14.0. The lowest BCUT2D eigenvalue weighted by Gasteiger charge is -2.03. The molecule has 2 heterocycles. The summed E-state index contributed by atoms with van der Waals surface area (Å²) in [7, 11) is 0. The number of amides is 1. The van der Waals surface area contributed by atoms with Gasteiger partial charge in [0.05, 0.1) is 0 Å². The topological polar surface area (TPSA) is 63.5 Å². The van der Waals surface area contributed by atoms with Gasteiger partial charge in [-0.2, -0.15) is 0 Å². The highest BCUT2D eigenvalue weighted by molar-refractivity contribution is 7.15. The Hall–Kier alpha value is -2.73. The highest BCUT2D eigenvalue weighted by Crippen LogP contribution is 2.12. The summed E-state index contributed by atoms with van der Waals surface area (Å²) in [6.07, 6.45) is 3.86. The van der Waals surface area contributed by atoms with Crippen LogP contribution in [0.3, 0.4) is 0 Å². The van der Waals surface area contributed by atoms with Crippen LogP contribution in [0.4, 0.5) is 0 Å². The van der Waals surface area contributed by atoms with Gasteiger partial charge in [0.2, 0.25) is 5.91 Å². The number of carbonyl (C=O) groups excluding carboxylic acids is 1. The molecular weight excluding hydrogens is 322 g/mol. The van der Waals surface area contributed by atoms with E-state index in [0.717, 1.165) is 11.3 Å². The van der Waals surface area contributed by atoms with E-state index < -0.39 is 0 Å². The second-order valence-corrected chi connectivity index (χ2v) is 6.20. The number of nitrogens with one attached hydrogen (secondary N) is 1. The Morgan fingerprint density at radius 2 is 2.12 bits per heavy atom. The molecular formula is C18H17N3O2S. The van der Waals surface area contributed by atoms with E-state index in [1.54, 1.807) is 17.4 Å². The zero-order valence-electron chi connectivity index (χ0n) is 13.2. The van der Waals surface area contributed by atoms with Crippen LogP contribution in [0.15, 0.2) is 52.6 Å². The monoisotopic (exact) mass is 339 g/mol. The molecule has 1 amide bonds. The summed E-state index contributed by atoms with van der Waals surface area (Å²) in [6.45, 7) is 2.27. The minimum absolute atomic E-state index is 0.0796. The molecule has 0 atom stereocenters. The fourth-order valence-corrected chi connectivity index (χ4v) is 3.34. The molecule has 0 bridgehead atoms. The molecule has 1 N–H and O–H groups in total. The Bertz CT molecular complexity index is 942. The van der Waals surface area contributed by atoms with E-state index in [-0.39, 0.29) is 11.5 Å². The molecule has 3 rings (SSSR count). The van der Waals surface area contributed by atoms with Gasteiger partial charge in [0, 0.05) is 41.9 Å². The van der Waals surface area contributed by atoms with Gasteiger partial charge in [-0.05, 0) is 18.6 Å². The second kappa shape index (κ2) is 7.23. The molecule has 0 fully saturated rings. The quantitative estimate of drug-likeness (QED) is 0.726. The highest BCUT2D eigenvalue weighted by Gasteiger charge is 2.07. The molecule has 122 valence electrons. The van der Waals surface area contributed by atoms with Crippen molar-refractivity contribution < 1.29 is 4.79 Å². The Kier molecular flexibility index (Phi) is 4.86. The summed E-state index contributed by atoms with van der Waals surface area (Å²) >= 11 is 1.43. The molecule has 0 unspecified atom stereocenters. The minimum atomic E-state index is -0.153. The van der Waals surface area contributed by atoms with Gasteiger partial charge in [0.25, 0.3) is 5.56 Å². The molecule has 6 heteroatoms. The summed E-state index contributed by atoms with van der Waals surface area (Å²) in [4.78, 5) is 28.9. The Morgan fingerprint density at radius 1 is 1.33 bits per heavy atom. The number of carbonyl (C=O) groups is 1. The lowest BCUT2D eigenvalue weighted by atomic mass is 10.2. The number of nitrogens with zero attached hydrogens (tertiary/aromatic N) is 2. The van der Waals surface area contributed by atoms with Gasteiger partial charge in [-0.15, -0.1) is 11.3 Å². The predicted octanol–water partition coefficient (Wildman–Crippen LogP) is 2.44. The second-order valence-electron chi connectivity index (χ2n) is 5.37. The van der Waals surface area contributed by atoms with Crippen molar-refractivity contribution >= 4 is 28.3 Å². The van der Waals surface area contributed by atoms with E-state index in [1.165, 1.54) is 23.5 Å². The molecule has 0 aliphatic rings. The van der Waals surface area contributed by atoms with Gasteiger partial charge < -0.3 is 5.32 Å². The highest BCUT2D eigenvalue weighted by atomic mass is 32.1. The van der Waals surface area contributed by atoms with Crippen molar-refractivity contribution in [2.24, 2.45) is 0 Å². The number of thiazole rings is 1. The Morgan fingerprint density at radius 3 is 2.92 bits per heavy atom. The molecule has 0 saturated heterocycles. The Balaban J connectivity index is 1.60. The molecule has 0 aliphatic heterocycles. The first-order chi connectivity index (χ1) is 11.6. The zero-order chi connectivity index (χ0) is 16.9. The average Bonchev–Trinajstić information content (AvgIpc) is 2.97. The first kappa shape index (κ1) is 16.1. The summed E-state index contributed by atoms with van der Waals surface area (Å²) in [5.74, 6) is -0.153. The van der Waals surface area contributed by atoms with Crippen molar-refractivity contribution in [2.75, 3.05) is 6.54 Å². The van der Waals surface area contributed by atoms with Crippen molar-refractivity contribution in [3.63, 3.8) is 0 Å². The predicted molar refractivity (Wildman–Crippen MR) is 96.3 cm³/mol. The van der Waals surface area contributed by atoms with Crippen LogP contribution in [0.2, 0.25) is 0 Å². The van der Waals surface area contributed by atoms with Crippen LogP contribution >= 0.6 is 11.3 Å². The summed E-state index contributed by atoms with van der Waals surface area (Å²) in [6, 6.07) is 11.2. The molecule has 0 spiro atoms. The van der Waals surface area contributed by atoms with Crippen molar-refractivity contribution in [1.82, 2.24) is 14.7 Å². The van der Waals surface area contributed by atoms with Crippen LogP contribution in [0.1, 0.15) is 17.0 Å². The number of aromatic nitrogens is 2. The van der Waals surface area contributed by atoms with Crippen LogP contribution in [0.5, 0.6) is 0 Å². The third kappa shape index (κ3) is 3.78. The minimum Gasteiger partial charge on any atom is -0.352 e. The van der Waals surface area contributed by atoms with E-state index in [0.29, 0.717) is 23.6 Å². The van der Waals surface area contributed by atoms with E-state index in [2.05, 4.69) is 10.3 Å². The standard InChI is InChI=1S/C18H17N3O2S/c1-13-11-17(23)21-15(12-24-18(21)20-13)9-10-19-16(22)8-7-14-5-3-2-4-6-14/h2-8,11-12H,9-10H2,1H3,(H,19,22). The number of fused-ring (bicyclic) bond motifs is 1. The number of rotatable bonds is 5. The third-order valence-corrected chi connectivity index (χ3v) is 4.39. The molecule has 1 aromatic carbocycles. The summed E-state index contributed by atoms with van der Waals surface area (Å²) in [5, 5.41) is 4.74. The molecule has 0 radical (unpaired) electrons. The third-order valence-electron chi connectivity index (χ3n) is 3.51. The SMILES string of the molecule is Cc1cc(=O)n2c(CCNC(=O)C=Cc3ccccc3)csc2n1. The van der Waals surface area contributed by atoms with Crippen molar-refractivity contribution in [3.05, 3.63) is 75.2 Å². The first-order valence-electron chi connectivity index (χ1n) is 7.61. The van der Waals surface area contributed by atoms with Crippen LogP contribution in [0.25, 0.3) is 11.0 Å². The number of aryl methyl sites for hydroxylation is 1. The maximum atomic E-state index is 12.1. The maximum Gasteiger partial charge on any atom is 0.258 e. The number of hydrogen-bond donors (Lipinski definition) is 1. The molecule has 0 saturated carbocycles. The maximum absolute atomic E-state index is 12.1. The Labute approximate surface area is 143 Å². The van der Waals surface area contributed by atoms with Crippen LogP contribution in [0, 0.1) is 6.92 Å². The summed E-state index contributed by atoms with van der Waals surface area (Å²) in [5.41, 5.74) is 2.47. The summed E-state index contributed by atoms with van der Waals surface area (Å²) < 4.78 is 1.60. The van der Waals surface area contributed by atoms with Gasteiger partial charge in [0.1, 0.15) is 0 Å². The molecule has 5 nitrogen and oxygen atoms in total. The largest absolute Gasteiger partial charge is 0.352 e.